The first kappa shape index (κ1) is 22.6. The molecule has 166 valence electrons. The summed E-state index contributed by atoms with van der Waals surface area (Å²) in [6.07, 6.45) is 1.34. The number of hydrogen-bond donors (Lipinski definition) is 1. The van der Waals surface area contributed by atoms with E-state index in [1.54, 1.807) is 24.3 Å². The number of hydrogen-bond acceptors (Lipinski definition) is 4. The molecular formula is C25H18Cl2N2O4. The van der Waals surface area contributed by atoms with E-state index in [1.807, 2.05) is 37.3 Å². The molecule has 0 atom stereocenters. The van der Waals surface area contributed by atoms with Crippen LogP contribution >= 0.6 is 23.2 Å². The average molecular weight is 481 g/mol. The van der Waals surface area contributed by atoms with E-state index in [0.717, 1.165) is 16.0 Å². The third kappa shape index (κ3) is 4.92. The topological polar surface area (TPSA) is 75.7 Å². The highest BCUT2D eigenvalue weighted by Gasteiger charge is 2.36. The van der Waals surface area contributed by atoms with Crippen molar-refractivity contribution in [1.29, 1.82) is 0 Å². The zero-order chi connectivity index (χ0) is 23.5. The van der Waals surface area contributed by atoms with Crippen LogP contribution in [0, 0.1) is 6.92 Å². The van der Waals surface area contributed by atoms with Crippen LogP contribution in [0.4, 0.5) is 10.5 Å². The quantitative estimate of drug-likeness (QED) is 0.383. The van der Waals surface area contributed by atoms with E-state index in [4.69, 9.17) is 27.9 Å². The second kappa shape index (κ2) is 9.48. The number of carbonyl (C=O) groups excluding carboxylic acids is 3. The van der Waals surface area contributed by atoms with Crippen molar-refractivity contribution in [1.82, 2.24) is 5.32 Å². The molecule has 1 heterocycles. The second-order valence-corrected chi connectivity index (χ2v) is 8.20. The maximum atomic E-state index is 13.0. The number of carbonyl (C=O) groups is 3. The fourth-order valence-corrected chi connectivity index (χ4v) is 3.90. The molecule has 33 heavy (non-hydrogen) atoms. The Kier molecular flexibility index (Phi) is 6.49. The molecule has 3 aromatic rings. The van der Waals surface area contributed by atoms with E-state index in [9.17, 15) is 14.4 Å². The first-order valence-electron chi connectivity index (χ1n) is 9.97. The Morgan fingerprint density at radius 3 is 2.21 bits per heavy atom. The molecule has 1 N–H and O–H groups in total. The number of benzene rings is 3. The molecule has 0 bridgehead atoms. The summed E-state index contributed by atoms with van der Waals surface area (Å²) in [7, 11) is 0. The van der Waals surface area contributed by atoms with E-state index in [-0.39, 0.29) is 22.2 Å². The van der Waals surface area contributed by atoms with Gasteiger partial charge in [0.15, 0.2) is 5.75 Å². The summed E-state index contributed by atoms with van der Waals surface area (Å²) in [4.78, 5) is 38.7. The molecule has 8 heteroatoms. The predicted molar refractivity (Wildman–Crippen MR) is 127 cm³/mol. The fraction of sp³-hybridized carbons (Fsp3) is 0.0800. The van der Waals surface area contributed by atoms with Crippen molar-refractivity contribution >= 4 is 52.8 Å². The Hall–Kier alpha value is -3.61. The average Bonchev–Trinajstić information content (AvgIpc) is 2.78. The number of barbiturate groups is 1. The van der Waals surface area contributed by atoms with Gasteiger partial charge in [-0.05, 0) is 48.4 Å². The summed E-state index contributed by atoms with van der Waals surface area (Å²) in [5, 5.41) is 2.64. The molecule has 3 aromatic carbocycles. The molecule has 0 saturated carbocycles. The summed E-state index contributed by atoms with van der Waals surface area (Å²) < 4.78 is 5.76. The molecule has 0 radical (unpaired) electrons. The van der Waals surface area contributed by atoms with Gasteiger partial charge in [-0.15, -0.1) is 0 Å². The molecule has 6 nitrogen and oxygen atoms in total. The largest absolute Gasteiger partial charge is 0.486 e. The van der Waals surface area contributed by atoms with Gasteiger partial charge in [-0.25, -0.2) is 9.69 Å². The molecule has 0 unspecified atom stereocenters. The molecule has 0 aliphatic carbocycles. The van der Waals surface area contributed by atoms with Crippen LogP contribution in [-0.2, 0) is 16.2 Å². The minimum Gasteiger partial charge on any atom is -0.486 e. The summed E-state index contributed by atoms with van der Waals surface area (Å²) in [6, 6.07) is 18.6. The summed E-state index contributed by atoms with van der Waals surface area (Å²) in [5.74, 6) is -1.26. The highest BCUT2D eigenvalue weighted by molar-refractivity contribution is 6.40. The predicted octanol–water partition coefficient (Wildman–Crippen LogP) is 5.55. The Bertz CT molecular complexity index is 1250. The third-order valence-corrected chi connectivity index (χ3v) is 5.51. The lowest BCUT2D eigenvalue weighted by molar-refractivity contribution is -0.122. The first-order chi connectivity index (χ1) is 15.8. The van der Waals surface area contributed by atoms with Crippen LogP contribution in [0.15, 0.2) is 72.3 Å². The van der Waals surface area contributed by atoms with Crippen LogP contribution < -0.4 is 15.0 Å². The van der Waals surface area contributed by atoms with Crippen LogP contribution in [0.3, 0.4) is 0 Å². The molecular weight excluding hydrogens is 463 g/mol. The SMILES string of the molecule is Cc1ccc(N2C(=O)NC(=O)/C(=C\c3cc(Cl)c(OCc4ccccc4)c(Cl)c3)C2=O)cc1. The zero-order valence-corrected chi connectivity index (χ0v) is 19.0. The van der Waals surface area contributed by atoms with Gasteiger partial charge < -0.3 is 4.74 Å². The van der Waals surface area contributed by atoms with Crippen molar-refractivity contribution in [2.45, 2.75) is 13.5 Å². The maximum Gasteiger partial charge on any atom is 0.335 e. The highest BCUT2D eigenvalue weighted by Crippen LogP contribution is 2.36. The zero-order valence-electron chi connectivity index (χ0n) is 17.5. The Labute approximate surface area is 200 Å². The smallest absolute Gasteiger partial charge is 0.335 e. The van der Waals surface area contributed by atoms with Gasteiger partial charge in [0, 0.05) is 0 Å². The number of urea groups is 1. The molecule has 1 aliphatic rings. The van der Waals surface area contributed by atoms with Crippen LogP contribution in [0.1, 0.15) is 16.7 Å². The number of ether oxygens (including phenoxy) is 1. The van der Waals surface area contributed by atoms with Crippen LogP contribution in [0.2, 0.25) is 10.0 Å². The number of nitrogens with one attached hydrogen (secondary N) is 1. The van der Waals surface area contributed by atoms with E-state index in [0.29, 0.717) is 17.0 Å². The van der Waals surface area contributed by atoms with Crippen molar-refractivity contribution in [3.63, 3.8) is 0 Å². The van der Waals surface area contributed by atoms with Gasteiger partial charge in [0.1, 0.15) is 12.2 Å². The van der Waals surface area contributed by atoms with Gasteiger partial charge >= 0.3 is 6.03 Å². The Morgan fingerprint density at radius 1 is 0.939 bits per heavy atom. The lowest BCUT2D eigenvalue weighted by atomic mass is 10.1. The van der Waals surface area contributed by atoms with Crippen molar-refractivity contribution in [2.24, 2.45) is 0 Å². The Morgan fingerprint density at radius 2 is 1.58 bits per heavy atom. The molecule has 0 aromatic heterocycles. The number of aryl methyl sites for hydroxylation is 1. The normalized spacial score (nSPS) is 15.1. The molecule has 4 amide bonds. The number of halogens is 2. The van der Waals surface area contributed by atoms with Crippen molar-refractivity contribution in [3.05, 3.63) is 99.0 Å². The monoisotopic (exact) mass is 480 g/mol. The van der Waals surface area contributed by atoms with Crippen molar-refractivity contribution in [2.75, 3.05) is 4.90 Å². The summed E-state index contributed by atoms with van der Waals surface area (Å²) >= 11 is 12.7. The van der Waals surface area contributed by atoms with Gasteiger partial charge in [0.05, 0.1) is 15.7 Å². The summed E-state index contributed by atoms with van der Waals surface area (Å²) in [6.45, 7) is 2.16. The van der Waals surface area contributed by atoms with E-state index >= 15 is 0 Å². The minimum absolute atomic E-state index is 0.222. The fourth-order valence-electron chi connectivity index (χ4n) is 3.28. The minimum atomic E-state index is -0.813. The van der Waals surface area contributed by atoms with Gasteiger partial charge in [0.25, 0.3) is 11.8 Å². The molecule has 4 rings (SSSR count). The van der Waals surface area contributed by atoms with Gasteiger partial charge in [0.2, 0.25) is 0 Å². The highest BCUT2D eigenvalue weighted by atomic mass is 35.5. The molecule has 1 saturated heterocycles. The molecule has 1 fully saturated rings. The second-order valence-electron chi connectivity index (χ2n) is 7.38. The van der Waals surface area contributed by atoms with E-state index < -0.39 is 17.8 Å². The first-order valence-corrected chi connectivity index (χ1v) is 10.7. The number of anilines is 1. The van der Waals surface area contributed by atoms with Gasteiger partial charge in [-0.1, -0.05) is 71.2 Å². The third-order valence-electron chi connectivity index (χ3n) is 4.95. The Balaban J connectivity index is 1.61. The van der Waals surface area contributed by atoms with E-state index in [1.165, 1.54) is 18.2 Å². The number of imide groups is 2. The van der Waals surface area contributed by atoms with Crippen LogP contribution in [-0.4, -0.2) is 17.8 Å². The molecule has 0 spiro atoms. The van der Waals surface area contributed by atoms with Gasteiger partial charge in [-0.2, -0.15) is 0 Å². The lowest BCUT2D eigenvalue weighted by Crippen LogP contribution is -2.54. The van der Waals surface area contributed by atoms with Crippen LogP contribution in [0.25, 0.3) is 6.08 Å². The lowest BCUT2D eigenvalue weighted by Gasteiger charge is -2.26. The van der Waals surface area contributed by atoms with E-state index in [2.05, 4.69) is 5.32 Å². The number of nitrogens with zero attached hydrogens (tertiary/aromatic N) is 1. The molecule has 1 aliphatic heterocycles. The van der Waals surface area contributed by atoms with Crippen LogP contribution in [0.5, 0.6) is 5.75 Å². The number of amides is 4. The van der Waals surface area contributed by atoms with Crippen molar-refractivity contribution < 1.29 is 19.1 Å². The van der Waals surface area contributed by atoms with Crippen molar-refractivity contribution in [3.8, 4) is 5.75 Å². The standard InChI is InChI=1S/C25H18Cl2N2O4/c1-15-7-9-18(10-8-15)29-24(31)19(23(30)28-25(29)32)11-17-12-20(26)22(21(27)13-17)33-14-16-5-3-2-4-6-16/h2-13H,14H2,1H3,(H,28,30,32)/b19-11+. The summed E-state index contributed by atoms with van der Waals surface area (Å²) in [5.41, 5.74) is 2.45. The maximum absolute atomic E-state index is 13.0. The van der Waals surface area contributed by atoms with Gasteiger partial charge in [-0.3, -0.25) is 14.9 Å². The number of rotatable bonds is 5.